The number of carbonyl (C=O) groups excluding carboxylic acids is 2. The highest BCUT2D eigenvalue weighted by Gasteiger charge is 2.37. The normalized spacial score (nSPS) is 15.8. The molecule has 31 heavy (non-hydrogen) atoms. The molecule has 9 heteroatoms. The minimum absolute atomic E-state index is 0.115. The first-order valence-corrected chi connectivity index (χ1v) is 10.5. The van der Waals surface area contributed by atoms with Crippen molar-refractivity contribution in [1.29, 1.82) is 0 Å². The summed E-state index contributed by atoms with van der Waals surface area (Å²) < 4.78 is 10.7. The minimum Gasteiger partial charge on any atom is -0.497 e. The van der Waals surface area contributed by atoms with Crippen molar-refractivity contribution in [3.8, 4) is 22.1 Å². The molecule has 2 aromatic heterocycles. The Labute approximate surface area is 183 Å². The Morgan fingerprint density at radius 1 is 1.23 bits per heavy atom. The fourth-order valence-corrected chi connectivity index (χ4v) is 4.46. The molecule has 0 aliphatic carbocycles. The molecule has 1 aliphatic heterocycles. The van der Waals surface area contributed by atoms with Crippen molar-refractivity contribution in [2.24, 2.45) is 5.92 Å². The third kappa shape index (κ3) is 4.22. The Morgan fingerprint density at radius 3 is 2.77 bits per heavy atom. The van der Waals surface area contributed by atoms with Crippen LogP contribution in [0.1, 0.15) is 12.1 Å². The highest BCUT2D eigenvalue weighted by atomic mass is 32.1. The van der Waals surface area contributed by atoms with Crippen molar-refractivity contribution < 1.29 is 19.1 Å². The first-order valence-electron chi connectivity index (χ1n) is 9.72. The number of pyridine rings is 1. The number of carbonyl (C=O) groups is 2. The predicted octanol–water partition coefficient (Wildman–Crippen LogP) is 3.52. The van der Waals surface area contributed by atoms with Crippen LogP contribution in [0.3, 0.4) is 0 Å². The number of rotatable bonds is 6. The average molecular weight is 439 g/mol. The molecule has 3 heterocycles. The van der Waals surface area contributed by atoms with E-state index >= 15 is 0 Å². The van der Waals surface area contributed by atoms with Crippen LogP contribution in [0.5, 0.6) is 11.5 Å². The molecule has 1 unspecified atom stereocenters. The van der Waals surface area contributed by atoms with Crippen LogP contribution in [0.2, 0.25) is 0 Å². The highest BCUT2D eigenvalue weighted by molar-refractivity contribution is 7.19. The highest BCUT2D eigenvalue weighted by Crippen LogP contribution is 2.37. The molecule has 0 saturated carbocycles. The van der Waals surface area contributed by atoms with Gasteiger partial charge in [-0.1, -0.05) is 17.4 Å². The number of hydrogen-bond donors (Lipinski definition) is 1. The third-order valence-electron chi connectivity index (χ3n) is 5.10. The van der Waals surface area contributed by atoms with Crippen molar-refractivity contribution in [2.45, 2.75) is 13.3 Å². The number of ether oxygens (including phenoxy) is 2. The van der Waals surface area contributed by atoms with Gasteiger partial charge in [0.2, 0.25) is 11.8 Å². The van der Waals surface area contributed by atoms with Crippen LogP contribution in [0.15, 0.2) is 42.6 Å². The third-order valence-corrected chi connectivity index (χ3v) is 6.19. The van der Waals surface area contributed by atoms with Crippen LogP contribution >= 0.6 is 11.3 Å². The number of thiazole rings is 1. The summed E-state index contributed by atoms with van der Waals surface area (Å²) in [7, 11) is 3.10. The summed E-state index contributed by atoms with van der Waals surface area (Å²) in [6.07, 6.45) is 1.84. The van der Waals surface area contributed by atoms with E-state index in [0.717, 1.165) is 16.3 Å². The largest absolute Gasteiger partial charge is 0.497 e. The van der Waals surface area contributed by atoms with Crippen molar-refractivity contribution >= 4 is 34.0 Å². The second kappa shape index (κ2) is 8.73. The topological polar surface area (TPSA) is 93.7 Å². The first-order chi connectivity index (χ1) is 15.0. The van der Waals surface area contributed by atoms with E-state index in [2.05, 4.69) is 15.3 Å². The van der Waals surface area contributed by atoms with Crippen molar-refractivity contribution in [1.82, 2.24) is 9.97 Å². The molecule has 1 atom stereocenters. The van der Waals surface area contributed by atoms with E-state index in [1.165, 1.54) is 11.3 Å². The average Bonchev–Trinajstić information content (AvgIpc) is 3.36. The van der Waals surface area contributed by atoms with Gasteiger partial charge in [-0.05, 0) is 31.2 Å². The Hall–Kier alpha value is -3.46. The SMILES string of the molecule is COc1ccc(OC)c(N2CC(C(=O)Nc3nc(C)c(-c4ccccn4)s3)CC2=O)c1. The van der Waals surface area contributed by atoms with Crippen LogP contribution < -0.4 is 19.7 Å². The number of nitrogens with zero attached hydrogens (tertiary/aromatic N) is 3. The Morgan fingerprint density at radius 2 is 2.06 bits per heavy atom. The maximum atomic E-state index is 12.9. The molecule has 1 saturated heterocycles. The van der Waals surface area contributed by atoms with Gasteiger partial charge in [-0.25, -0.2) is 4.98 Å². The van der Waals surface area contributed by atoms with E-state index in [1.54, 1.807) is 43.5 Å². The summed E-state index contributed by atoms with van der Waals surface area (Å²) in [5, 5.41) is 3.36. The number of hydrogen-bond acceptors (Lipinski definition) is 7. The summed E-state index contributed by atoms with van der Waals surface area (Å²) in [6, 6.07) is 10.9. The van der Waals surface area contributed by atoms with Gasteiger partial charge in [-0.2, -0.15) is 0 Å². The van der Waals surface area contributed by atoms with Gasteiger partial charge in [-0.3, -0.25) is 14.6 Å². The summed E-state index contributed by atoms with van der Waals surface area (Å²) in [5.41, 5.74) is 2.19. The van der Waals surface area contributed by atoms with Crippen LogP contribution in [-0.2, 0) is 9.59 Å². The number of aromatic nitrogens is 2. The predicted molar refractivity (Wildman–Crippen MR) is 119 cm³/mol. The number of benzene rings is 1. The molecule has 3 aromatic rings. The Bertz CT molecular complexity index is 1120. The number of anilines is 2. The lowest BCUT2D eigenvalue weighted by Crippen LogP contribution is -2.28. The fraction of sp³-hybridized carbons (Fsp3) is 0.273. The van der Waals surface area contributed by atoms with Crippen LogP contribution in [0, 0.1) is 12.8 Å². The Balaban J connectivity index is 1.50. The van der Waals surface area contributed by atoms with Gasteiger partial charge in [0.25, 0.3) is 0 Å². The fourth-order valence-electron chi connectivity index (χ4n) is 3.52. The molecule has 0 spiro atoms. The summed E-state index contributed by atoms with van der Waals surface area (Å²) in [5.74, 6) is 0.281. The molecule has 1 N–H and O–H groups in total. The van der Waals surface area contributed by atoms with Crippen LogP contribution in [0.25, 0.3) is 10.6 Å². The zero-order chi connectivity index (χ0) is 22.0. The quantitative estimate of drug-likeness (QED) is 0.633. The van der Waals surface area contributed by atoms with E-state index in [0.29, 0.717) is 22.3 Å². The van der Waals surface area contributed by atoms with Gasteiger partial charge >= 0.3 is 0 Å². The summed E-state index contributed by atoms with van der Waals surface area (Å²) in [4.78, 5) is 36.8. The van der Waals surface area contributed by atoms with E-state index in [1.807, 2.05) is 25.1 Å². The molecule has 0 bridgehead atoms. The number of methoxy groups -OCH3 is 2. The van der Waals surface area contributed by atoms with Gasteiger partial charge in [0, 0.05) is 25.2 Å². The minimum atomic E-state index is -0.495. The van der Waals surface area contributed by atoms with Gasteiger partial charge in [0.1, 0.15) is 11.5 Å². The van der Waals surface area contributed by atoms with Gasteiger partial charge in [-0.15, -0.1) is 0 Å². The molecular weight excluding hydrogens is 416 g/mol. The van der Waals surface area contributed by atoms with Crippen molar-refractivity contribution in [2.75, 3.05) is 31.0 Å². The molecule has 0 radical (unpaired) electrons. The van der Waals surface area contributed by atoms with Crippen LogP contribution in [0.4, 0.5) is 10.8 Å². The van der Waals surface area contributed by atoms with Crippen LogP contribution in [-0.4, -0.2) is 42.5 Å². The zero-order valence-corrected chi connectivity index (χ0v) is 18.2. The molecule has 1 aliphatic rings. The van der Waals surface area contributed by atoms with Crippen molar-refractivity contribution in [3.63, 3.8) is 0 Å². The maximum absolute atomic E-state index is 12.9. The molecule has 2 amide bonds. The molecule has 160 valence electrons. The molecule has 1 aromatic carbocycles. The first kappa shape index (κ1) is 20.8. The second-order valence-corrected chi connectivity index (χ2v) is 8.08. The number of amides is 2. The van der Waals surface area contributed by atoms with Gasteiger partial charge in [0.05, 0.1) is 42.1 Å². The van der Waals surface area contributed by atoms with E-state index < -0.39 is 5.92 Å². The molecule has 8 nitrogen and oxygen atoms in total. The lowest BCUT2D eigenvalue weighted by atomic mass is 10.1. The molecule has 4 rings (SSSR count). The number of nitrogens with one attached hydrogen (secondary N) is 1. The zero-order valence-electron chi connectivity index (χ0n) is 17.4. The van der Waals surface area contributed by atoms with Gasteiger partial charge < -0.3 is 19.7 Å². The second-order valence-electron chi connectivity index (χ2n) is 7.08. The summed E-state index contributed by atoms with van der Waals surface area (Å²) in [6.45, 7) is 2.14. The summed E-state index contributed by atoms with van der Waals surface area (Å²) >= 11 is 1.37. The standard InChI is InChI=1S/C22H22N4O4S/c1-13-20(16-6-4-5-9-23-16)31-22(24-13)25-21(28)14-10-19(27)26(12-14)17-11-15(29-2)7-8-18(17)30-3/h4-9,11,14H,10,12H2,1-3H3,(H,24,25,28). The van der Waals surface area contributed by atoms with E-state index in [4.69, 9.17) is 9.47 Å². The van der Waals surface area contributed by atoms with E-state index in [-0.39, 0.29) is 24.8 Å². The smallest absolute Gasteiger partial charge is 0.231 e. The Kier molecular flexibility index (Phi) is 5.85. The van der Waals surface area contributed by atoms with Crippen molar-refractivity contribution in [3.05, 3.63) is 48.3 Å². The molecular formula is C22H22N4O4S. The lowest BCUT2D eigenvalue weighted by Gasteiger charge is -2.20. The molecule has 1 fully saturated rings. The van der Waals surface area contributed by atoms with Gasteiger partial charge in [0.15, 0.2) is 5.13 Å². The van der Waals surface area contributed by atoms with E-state index in [9.17, 15) is 9.59 Å². The maximum Gasteiger partial charge on any atom is 0.231 e. The monoisotopic (exact) mass is 438 g/mol. The lowest BCUT2D eigenvalue weighted by molar-refractivity contribution is -0.122. The number of aryl methyl sites for hydroxylation is 1.